The fourth-order valence-corrected chi connectivity index (χ4v) is 1.74. The number of anilines is 1. The number of hydrogen-bond donors (Lipinski definition) is 1. The Labute approximate surface area is 109 Å². The number of pyridine rings is 1. The molecule has 0 radical (unpaired) electrons. The van der Waals surface area contributed by atoms with Gasteiger partial charge in [0, 0.05) is 22.9 Å². The van der Waals surface area contributed by atoms with E-state index in [9.17, 15) is 0 Å². The summed E-state index contributed by atoms with van der Waals surface area (Å²) in [5.41, 5.74) is 1.10. The molecule has 17 heavy (non-hydrogen) atoms. The van der Waals surface area contributed by atoms with Gasteiger partial charge in [0.25, 0.3) is 0 Å². The molecule has 0 saturated heterocycles. The van der Waals surface area contributed by atoms with Crippen LogP contribution in [0.3, 0.4) is 0 Å². The summed E-state index contributed by atoms with van der Waals surface area (Å²) in [6.07, 6.45) is 3.43. The van der Waals surface area contributed by atoms with E-state index >= 15 is 0 Å². The lowest BCUT2D eigenvalue weighted by Gasteiger charge is -2.08. The molecular weight excluding hydrogens is 280 g/mol. The summed E-state index contributed by atoms with van der Waals surface area (Å²) in [4.78, 5) is 4.03. The normalized spacial score (nSPS) is 9.94. The number of ether oxygens (including phenoxy) is 1. The molecule has 0 fully saturated rings. The van der Waals surface area contributed by atoms with Crippen LogP contribution in [-0.2, 0) is 0 Å². The van der Waals surface area contributed by atoms with Crippen molar-refractivity contribution >= 4 is 21.6 Å². The molecule has 0 aliphatic heterocycles. The van der Waals surface area contributed by atoms with Gasteiger partial charge in [-0.1, -0.05) is 18.2 Å². The fraction of sp³-hybridized carbons (Fsp3) is 0.154. The monoisotopic (exact) mass is 292 g/mol. The van der Waals surface area contributed by atoms with Crippen LogP contribution in [0, 0.1) is 0 Å². The molecule has 1 N–H and O–H groups in total. The Hall–Kier alpha value is -1.55. The summed E-state index contributed by atoms with van der Waals surface area (Å²) in [5.74, 6) is 0.772. The standard InChI is InChI=1S/C13H13BrN2O/c14-11-8-13(10-15-9-11)17-7-6-16-12-4-2-1-3-5-12/h1-5,8-10,16H,6-7H2. The summed E-state index contributed by atoms with van der Waals surface area (Å²) in [5, 5.41) is 3.27. The molecule has 1 aromatic carbocycles. The van der Waals surface area contributed by atoms with Crippen LogP contribution in [0.15, 0.2) is 53.3 Å². The van der Waals surface area contributed by atoms with Gasteiger partial charge in [0.15, 0.2) is 0 Å². The molecule has 0 amide bonds. The molecule has 0 saturated carbocycles. The Morgan fingerprint density at radius 2 is 2.00 bits per heavy atom. The van der Waals surface area contributed by atoms with Crippen molar-refractivity contribution in [1.29, 1.82) is 0 Å². The summed E-state index contributed by atoms with van der Waals surface area (Å²) in [6, 6.07) is 12.0. The highest BCUT2D eigenvalue weighted by Crippen LogP contribution is 2.15. The number of rotatable bonds is 5. The molecule has 1 aromatic heterocycles. The van der Waals surface area contributed by atoms with Crippen LogP contribution in [0.5, 0.6) is 5.75 Å². The number of aromatic nitrogens is 1. The maximum atomic E-state index is 5.55. The molecule has 4 heteroatoms. The first kappa shape index (κ1) is 11.9. The summed E-state index contributed by atoms with van der Waals surface area (Å²) >= 11 is 3.35. The molecule has 2 aromatic rings. The second-order valence-electron chi connectivity index (χ2n) is 3.48. The molecule has 0 unspecified atom stereocenters. The SMILES string of the molecule is Brc1cncc(OCCNc2ccccc2)c1. The maximum absolute atomic E-state index is 5.55. The topological polar surface area (TPSA) is 34.1 Å². The molecule has 2 rings (SSSR count). The smallest absolute Gasteiger partial charge is 0.138 e. The maximum Gasteiger partial charge on any atom is 0.138 e. The van der Waals surface area contributed by atoms with Gasteiger partial charge in [-0.15, -0.1) is 0 Å². The van der Waals surface area contributed by atoms with Crippen molar-refractivity contribution in [2.24, 2.45) is 0 Å². The first-order chi connectivity index (χ1) is 8.34. The number of para-hydroxylation sites is 1. The third-order valence-corrected chi connectivity index (χ3v) is 2.59. The van der Waals surface area contributed by atoms with E-state index in [1.54, 1.807) is 12.4 Å². The van der Waals surface area contributed by atoms with Crippen molar-refractivity contribution in [3.8, 4) is 5.75 Å². The molecule has 0 bridgehead atoms. The second kappa shape index (κ2) is 6.25. The molecule has 0 spiro atoms. The van der Waals surface area contributed by atoms with Crippen molar-refractivity contribution < 1.29 is 4.74 Å². The van der Waals surface area contributed by atoms with E-state index in [1.807, 2.05) is 36.4 Å². The molecule has 0 aliphatic carbocycles. The molecular formula is C13H13BrN2O. The Morgan fingerprint density at radius 1 is 1.18 bits per heavy atom. The van der Waals surface area contributed by atoms with Gasteiger partial charge in [-0.25, -0.2) is 0 Å². The second-order valence-corrected chi connectivity index (χ2v) is 4.40. The van der Waals surface area contributed by atoms with Gasteiger partial charge in [-0.2, -0.15) is 0 Å². The first-order valence-corrected chi connectivity index (χ1v) is 6.16. The fourth-order valence-electron chi connectivity index (χ4n) is 1.39. The highest BCUT2D eigenvalue weighted by molar-refractivity contribution is 9.10. The zero-order chi connectivity index (χ0) is 11.9. The lowest BCUT2D eigenvalue weighted by Crippen LogP contribution is -2.11. The van der Waals surface area contributed by atoms with Crippen molar-refractivity contribution in [3.63, 3.8) is 0 Å². The van der Waals surface area contributed by atoms with Crippen molar-refractivity contribution in [2.45, 2.75) is 0 Å². The zero-order valence-electron chi connectivity index (χ0n) is 9.27. The summed E-state index contributed by atoms with van der Waals surface area (Å²) < 4.78 is 6.48. The van der Waals surface area contributed by atoms with Gasteiger partial charge in [0.2, 0.25) is 0 Å². The molecule has 0 aliphatic rings. The Bertz CT molecular complexity index is 462. The molecule has 88 valence electrons. The number of benzene rings is 1. The predicted molar refractivity (Wildman–Crippen MR) is 72.4 cm³/mol. The van der Waals surface area contributed by atoms with E-state index < -0.39 is 0 Å². The number of hydrogen-bond acceptors (Lipinski definition) is 3. The van der Waals surface area contributed by atoms with Crippen LogP contribution >= 0.6 is 15.9 Å². The summed E-state index contributed by atoms with van der Waals surface area (Å²) in [7, 11) is 0. The van der Waals surface area contributed by atoms with E-state index in [-0.39, 0.29) is 0 Å². The Morgan fingerprint density at radius 3 is 2.76 bits per heavy atom. The molecule has 1 heterocycles. The lowest BCUT2D eigenvalue weighted by molar-refractivity contribution is 0.331. The van der Waals surface area contributed by atoms with Crippen LogP contribution in [0.25, 0.3) is 0 Å². The van der Waals surface area contributed by atoms with Gasteiger partial charge in [-0.3, -0.25) is 4.98 Å². The first-order valence-electron chi connectivity index (χ1n) is 5.37. The van der Waals surface area contributed by atoms with Gasteiger partial charge >= 0.3 is 0 Å². The molecule has 3 nitrogen and oxygen atoms in total. The van der Waals surface area contributed by atoms with Gasteiger partial charge in [0.05, 0.1) is 6.20 Å². The van der Waals surface area contributed by atoms with E-state index in [0.717, 1.165) is 22.5 Å². The summed E-state index contributed by atoms with van der Waals surface area (Å²) in [6.45, 7) is 1.36. The van der Waals surface area contributed by atoms with Crippen molar-refractivity contribution in [2.75, 3.05) is 18.5 Å². The van der Waals surface area contributed by atoms with Crippen LogP contribution in [0.1, 0.15) is 0 Å². The third-order valence-electron chi connectivity index (χ3n) is 2.15. The minimum absolute atomic E-state index is 0.604. The van der Waals surface area contributed by atoms with Gasteiger partial charge in [0.1, 0.15) is 12.4 Å². The Kier molecular flexibility index (Phi) is 4.38. The van der Waals surface area contributed by atoms with Crippen LogP contribution in [0.4, 0.5) is 5.69 Å². The number of nitrogens with zero attached hydrogens (tertiary/aromatic N) is 1. The van der Waals surface area contributed by atoms with Crippen molar-refractivity contribution in [1.82, 2.24) is 4.98 Å². The average molecular weight is 293 g/mol. The quantitative estimate of drug-likeness (QED) is 0.859. The van der Waals surface area contributed by atoms with Gasteiger partial charge in [-0.05, 0) is 34.1 Å². The predicted octanol–water partition coefficient (Wildman–Crippen LogP) is 3.34. The van der Waals surface area contributed by atoms with E-state index in [1.165, 1.54) is 0 Å². The van der Waals surface area contributed by atoms with Crippen LogP contribution in [-0.4, -0.2) is 18.1 Å². The number of nitrogens with one attached hydrogen (secondary N) is 1. The minimum atomic E-state index is 0.604. The average Bonchev–Trinajstić information content (AvgIpc) is 2.36. The zero-order valence-corrected chi connectivity index (χ0v) is 10.9. The van der Waals surface area contributed by atoms with Crippen LogP contribution in [0.2, 0.25) is 0 Å². The van der Waals surface area contributed by atoms with E-state index in [2.05, 4.69) is 26.2 Å². The lowest BCUT2D eigenvalue weighted by atomic mass is 10.3. The highest BCUT2D eigenvalue weighted by Gasteiger charge is 1.95. The van der Waals surface area contributed by atoms with Gasteiger partial charge < -0.3 is 10.1 Å². The highest BCUT2D eigenvalue weighted by atomic mass is 79.9. The van der Waals surface area contributed by atoms with E-state index in [4.69, 9.17) is 4.74 Å². The Balaban J connectivity index is 1.73. The third kappa shape index (κ3) is 4.07. The largest absolute Gasteiger partial charge is 0.490 e. The van der Waals surface area contributed by atoms with Crippen molar-refractivity contribution in [3.05, 3.63) is 53.3 Å². The number of halogens is 1. The molecule has 0 atom stereocenters. The minimum Gasteiger partial charge on any atom is -0.490 e. The van der Waals surface area contributed by atoms with E-state index in [0.29, 0.717) is 6.61 Å². The van der Waals surface area contributed by atoms with Crippen LogP contribution < -0.4 is 10.1 Å².